The van der Waals surface area contributed by atoms with Crippen molar-refractivity contribution in [3.63, 3.8) is 0 Å². The summed E-state index contributed by atoms with van der Waals surface area (Å²) < 4.78 is 13.4. The van der Waals surface area contributed by atoms with Gasteiger partial charge in [-0.2, -0.15) is 11.8 Å². The minimum absolute atomic E-state index is 0. The molecule has 2 N–H and O–H groups in total. The van der Waals surface area contributed by atoms with Crippen molar-refractivity contribution in [2.24, 2.45) is 10.7 Å². The van der Waals surface area contributed by atoms with Crippen molar-refractivity contribution in [1.82, 2.24) is 4.90 Å². The highest BCUT2D eigenvalue weighted by Crippen LogP contribution is 2.10. The minimum Gasteiger partial charge on any atom is -0.370 e. The van der Waals surface area contributed by atoms with Gasteiger partial charge < -0.3 is 10.6 Å². The molecule has 0 amide bonds. The van der Waals surface area contributed by atoms with E-state index in [1.807, 2.05) is 17.8 Å². The lowest BCUT2D eigenvalue weighted by Crippen LogP contribution is -2.42. The van der Waals surface area contributed by atoms with Crippen LogP contribution in [0.2, 0.25) is 0 Å². The highest BCUT2D eigenvalue weighted by atomic mass is 127. The van der Waals surface area contributed by atoms with Crippen LogP contribution < -0.4 is 5.73 Å². The number of aliphatic imine (C=N–C) groups is 1. The molecule has 3 nitrogen and oxygen atoms in total. The first-order chi connectivity index (χ1) is 8.27. The van der Waals surface area contributed by atoms with E-state index in [2.05, 4.69) is 9.89 Å². The fourth-order valence-electron chi connectivity index (χ4n) is 1.69. The van der Waals surface area contributed by atoms with E-state index in [1.165, 1.54) is 6.07 Å². The van der Waals surface area contributed by atoms with Gasteiger partial charge in [-0.05, 0) is 6.07 Å². The van der Waals surface area contributed by atoms with Crippen molar-refractivity contribution in [3.8, 4) is 0 Å². The van der Waals surface area contributed by atoms with Crippen molar-refractivity contribution in [2.75, 3.05) is 24.6 Å². The number of thioether (sulfide) groups is 1. The van der Waals surface area contributed by atoms with Gasteiger partial charge in [-0.25, -0.2) is 9.38 Å². The van der Waals surface area contributed by atoms with Crippen LogP contribution in [0.1, 0.15) is 5.56 Å². The maximum atomic E-state index is 13.4. The lowest BCUT2D eigenvalue weighted by atomic mass is 10.2. The molecule has 1 aliphatic heterocycles. The summed E-state index contributed by atoms with van der Waals surface area (Å²) in [4.78, 5) is 6.30. The van der Waals surface area contributed by atoms with Crippen molar-refractivity contribution in [1.29, 1.82) is 0 Å². The number of benzene rings is 1. The largest absolute Gasteiger partial charge is 0.370 e. The van der Waals surface area contributed by atoms with Crippen LogP contribution >= 0.6 is 35.7 Å². The second-order valence-electron chi connectivity index (χ2n) is 3.87. The van der Waals surface area contributed by atoms with E-state index < -0.39 is 0 Å². The van der Waals surface area contributed by atoms with Crippen LogP contribution in [0.5, 0.6) is 0 Å². The van der Waals surface area contributed by atoms with Crippen LogP contribution in [0, 0.1) is 5.82 Å². The van der Waals surface area contributed by atoms with E-state index >= 15 is 0 Å². The first kappa shape index (κ1) is 15.6. The maximum Gasteiger partial charge on any atom is 0.191 e. The molecule has 100 valence electrons. The third-order valence-electron chi connectivity index (χ3n) is 2.70. The van der Waals surface area contributed by atoms with Gasteiger partial charge in [0.05, 0.1) is 6.54 Å². The second-order valence-corrected chi connectivity index (χ2v) is 5.09. The highest BCUT2D eigenvalue weighted by Gasteiger charge is 2.12. The quantitative estimate of drug-likeness (QED) is 0.486. The van der Waals surface area contributed by atoms with Gasteiger partial charge in [0.2, 0.25) is 0 Å². The van der Waals surface area contributed by atoms with E-state index in [-0.39, 0.29) is 29.8 Å². The average molecular weight is 381 g/mol. The SMILES string of the molecule is I.NC(=NCc1ccccc1F)N1CCSCC1. The molecule has 0 atom stereocenters. The first-order valence-electron chi connectivity index (χ1n) is 5.63. The summed E-state index contributed by atoms with van der Waals surface area (Å²) in [6.07, 6.45) is 0. The first-order valence-corrected chi connectivity index (χ1v) is 6.79. The molecule has 0 spiro atoms. The number of nitrogens with zero attached hydrogens (tertiary/aromatic N) is 2. The van der Waals surface area contributed by atoms with Gasteiger partial charge in [-0.15, -0.1) is 24.0 Å². The molecule has 1 heterocycles. The zero-order chi connectivity index (χ0) is 12.1. The lowest BCUT2D eigenvalue weighted by molar-refractivity contribution is 0.455. The van der Waals surface area contributed by atoms with Gasteiger partial charge in [0.1, 0.15) is 5.82 Å². The minimum atomic E-state index is -0.224. The van der Waals surface area contributed by atoms with Crippen LogP contribution in [0.4, 0.5) is 4.39 Å². The Morgan fingerprint density at radius 3 is 2.67 bits per heavy atom. The molecule has 0 unspecified atom stereocenters. The molecule has 0 bridgehead atoms. The number of halogens is 2. The molecule has 1 fully saturated rings. The monoisotopic (exact) mass is 381 g/mol. The average Bonchev–Trinajstić information content (AvgIpc) is 2.38. The number of nitrogens with two attached hydrogens (primary N) is 1. The van der Waals surface area contributed by atoms with Crippen molar-refractivity contribution < 1.29 is 4.39 Å². The summed E-state index contributed by atoms with van der Waals surface area (Å²) in [5.41, 5.74) is 6.48. The van der Waals surface area contributed by atoms with Gasteiger partial charge >= 0.3 is 0 Å². The van der Waals surface area contributed by atoms with Gasteiger partial charge in [0.25, 0.3) is 0 Å². The molecule has 6 heteroatoms. The van der Waals surface area contributed by atoms with Crippen LogP contribution in [0.25, 0.3) is 0 Å². The molecular weight excluding hydrogens is 364 g/mol. The Bertz CT molecular complexity index is 408. The van der Waals surface area contributed by atoms with E-state index in [9.17, 15) is 4.39 Å². The molecule has 0 saturated carbocycles. The Labute approximate surface area is 128 Å². The normalized spacial score (nSPS) is 16.3. The Morgan fingerprint density at radius 2 is 2.00 bits per heavy atom. The predicted octanol–water partition coefficient (Wildman–Crippen LogP) is 2.31. The highest BCUT2D eigenvalue weighted by molar-refractivity contribution is 14.0. The molecule has 0 aliphatic carbocycles. The molecule has 1 aromatic carbocycles. The number of rotatable bonds is 2. The summed E-state index contributed by atoms with van der Waals surface area (Å²) >= 11 is 1.92. The van der Waals surface area contributed by atoms with Crippen LogP contribution in [-0.2, 0) is 6.54 Å². The molecule has 18 heavy (non-hydrogen) atoms. The topological polar surface area (TPSA) is 41.6 Å². The Kier molecular flexibility index (Phi) is 6.77. The summed E-state index contributed by atoms with van der Waals surface area (Å²) in [6.45, 7) is 2.16. The maximum absolute atomic E-state index is 13.4. The van der Waals surface area contributed by atoms with Gasteiger partial charge in [0.15, 0.2) is 5.96 Å². The summed E-state index contributed by atoms with van der Waals surface area (Å²) in [7, 11) is 0. The van der Waals surface area contributed by atoms with E-state index in [0.717, 1.165) is 24.6 Å². The molecule has 1 saturated heterocycles. The number of guanidine groups is 1. The van der Waals surface area contributed by atoms with E-state index in [0.29, 0.717) is 18.1 Å². The van der Waals surface area contributed by atoms with Gasteiger partial charge in [-0.3, -0.25) is 0 Å². The summed E-state index contributed by atoms with van der Waals surface area (Å²) in [5, 5.41) is 0. The smallest absolute Gasteiger partial charge is 0.191 e. The summed E-state index contributed by atoms with van der Waals surface area (Å²) in [5.74, 6) is 2.46. The van der Waals surface area contributed by atoms with Crippen molar-refractivity contribution in [2.45, 2.75) is 6.54 Å². The van der Waals surface area contributed by atoms with E-state index in [1.54, 1.807) is 12.1 Å². The van der Waals surface area contributed by atoms with Gasteiger partial charge in [0, 0.05) is 30.2 Å². The Hall–Kier alpha value is -0.500. The van der Waals surface area contributed by atoms with Gasteiger partial charge in [-0.1, -0.05) is 18.2 Å². The fraction of sp³-hybridized carbons (Fsp3) is 0.417. The fourth-order valence-corrected chi connectivity index (χ4v) is 2.59. The zero-order valence-electron chi connectivity index (χ0n) is 10.0. The molecule has 2 rings (SSSR count). The number of hydrogen-bond acceptors (Lipinski definition) is 2. The Morgan fingerprint density at radius 1 is 1.33 bits per heavy atom. The standard InChI is InChI=1S/C12H16FN3S.HI/c13-11-4-2-1-3-10(11)9-15-12(14)16-5-7-17-8-6-16;/h1-4H,5-9H2,(H2,14,15);1H. The molecular formula is C12H17FIN3S. The Balaban J connectivity index is 0.00000162. The third-order valence-corrected chi connectivity index (χ3v) is 3.65. The molecule has 1 aromatic rings. The number of hydrogen-bond donors (Lipinski definition) is 1. The lowest BCUT2D eigenvalue weighted by Gasteiger charge is -2.27. The third kappa shape index (κ3) is 4.31. The zero-order valence-corrected chi connectivity index (χ0v) is 13.2. The molecule has 1 aliphatic rings. The van der Waals surface area contributed by atoms with Crippen molar-refractivity contribution in [3.05, 3.63) is 35.6 Å². The van der Waals surface area contributed by atoms with Crippen LogP contribution in [-0.4, -0.2) is 35.5 Å². The van der Waals surface area contributed by atoms with E-state index in [4.69, 9.17) is 5.73 Å². The van der Waals surface area contributed by atoms with Crippen molar-refractivity contribution >= 4 is 41.7 Å². The molecule has 0 radical (unpaired) electrons. The van der Waals surface area contributed by atoms with Crippen LogP contribution in [0.3, 0.4) is 0 Å². The molecule has 0 aromatic heterocycles. The predicted molar refractivity (Wildman–Crippen MR) is 86.0 cm³/mol. The summed E-state index contributed by atoms with van der Waals surface area (Å²) in [6, 6.07) is 6.66. The van der Waals surface area contributed by atoms with Crippen LogP contribution in [0.15, 0.2) is 29.3 Å². The second kappa shape index (κ2) is 7.83.